The summed E-state index contributed by atoms with van der Waals surface area (Å²) in [7, 11) is 6.00. The van der Waals surface area contributed by atoms with E-state index in [-0.39, 0.29) is 38.2 Å². The first-order valence-corrected chi connectivity index (χ1v) is 42.5. The SMILES string of the molecule is CCCCCCCCCC/C=C\CCCCCCCCCCCCCCCCCCCCCCCCCCCC(=O)OC(COC(=O)CCCCCCCCCCCCCCCCCCCCCCC/C=C\CCCCCCCCCC)COC(OCC[N+](C)(C)C)C(=O)O. The monoisotopic (exact) mass is 1340 g/mol. The van der Waals surface area contributed by atoms with Gasteiger partial charge in [-0.3, -0.25) is 9.59 Å². The van der Waals surface area contributed by atoms with Crippen LogP contribution in [0.1, 0.15) is 450 Å². The molecule has 0 aliphatic rings. The fourth-order valence-corrected chi connectivity index (χ4v) is 13.2. The molecule has 0 aromatic carbocycles. The van der Waals surface area contributed by atoms with Gasteiger partial charge in [0, 0.05) is 12.8 Å². The van der Waals surface area contributed by atoms with Crippen molar-refractivity contribution in [1.82, 2.24) is 0 Å². The molecule has 0 spiro atoms. The summed E-state index contributed by atoms with van der Waals surface area (Å²) in [6.45, 7) is 4.97. The summed E-state index contributed by atoms with van der Waals surface area (Å²) in [6.07, 6.45) is 96.5. The van der Waals surface area contributed by atoms with Gasteiger partial charge in [-0.25, -0.2) is 4.79 Å². The molecule has 0 rings (SSSR count). The quantitative estimate of drug-likeness (QED) is 0.0211. The van der Waals surface area contributed by atoms with E-state index in [2.05, 4.69) is 38.2 Å². The molecule has 0 bridgehead atoms. The maximum Gasteiger partial charge on any atom is 0.361 e. The predicted molar refractivity (Wildman–Crippen MR) is 411 cm³/mol. The second-order valence-corrected chi connectivity index (χ2v) is 30.5. The van der Waals surface area contributed by atoms with Crippen molar-refractivity contribution in [3.8, 4) is 0 Å². The minimum absolute atomic E-state index is 0.174. The normalized spacial score (nSPS) is 12.6. The maximum absolute atomic E-state index is 13.0. The van der Waals surface area contributed by atoms with Crippen LogP contribution >= 0.6 is 0 Å². The molecule has 0 saturated heterocycles. The highest BCUT2D eigenvalue weighted by Gasteiger charge is 2.25. The molecule has 95 heavy (non-hydrogen) atoms. The van der Waals surface area contributed by atoms with Gasteiger partial charge in [-0.2, -0.15) is 0 Å². The van der Waals surface area contributed by atoms with Crippen LogP contribution in [0.2, 0.25) is 0 Å². The van der Waals surface area contributed by atoms with Crippen LogP contribution in [0.5, 0.6) is 0 Å². The van der Waals surface area contributed by atoms with E-state index in [1.807, 2.05) is 21.1 Å². The Hall–Kier alpha value is -2.23. The van der Waals surface area contributed by atoms with E-state index in [0.717, 1.165) is 38.5 Å². The average Bonchev–Trinajstić information content (AvgIpc) is 3.75. The summed E-state index contributed by atoms with van der Waals surface area (Å²) in [5.74, 6) is -1.96. The number of unbranched alkanes of at least 4 members (excludes halogenated alkanes) is 62. The number of aliphatic carboxylic acids is 1. The number of quaternary nitrogens is 1. The first-order chi connectivity index (χ1) is 46.6. The molecule has 0 saturated carbocycles. The Morgan fingerprint density at radius 1 is 0.305 bits per heavy atom. The highest BCUT2D eigenvalue weighted by molar-refractivity contribution is 5.71. The number of carbonyl (C=O) groups excluding carboxylic acids is 2. The molecule has 562 valence electrons. The van der Waals surface area contributed by atoms with E-state index >= 15 is 0 Å². The van der Waals surface area contributed by atoms with Gasteiger partial charge in [-0.15, -0.1) is 0 Å². The largest absolute Gasteiger partial charge is 0.477 e. The van der Waals surface area contributed by atoms with Gasteiger partial charge in [-0.05, 0) is 64.2 Å². The molecule has 9 heteroatoms. The number of carboxylic acids is 1. The van der Waals surface area contributed by atoms with Crippen LogP contribution in [0.4, 0.5) is 0 Å². The van der Waals surface area contributed by atoms with Gasteiger partial charge in [0.2, 0.25) is 0 Å². The zero-order chi connectivity index (χ0) is 69.0. The number of likely N-dealkylation sites (N-methyl/N-ethyl adjacent to an activating group) is 1. The Morgan fingerprint density at radius 3 is 0.779 bits per heavy atom. The van der Waals surface area contributed by atoms with Crippen molar-refractivity contribution in [1.29, 1.82) is 0 Å². The fourth-order valence-electron chi connectivity index (χ4n) is 13.2. The van der Waals surface area contributed by atoms with Crippen LogP contribution < -0.4 is 0 Å². The number of rotatable bonds is 81. The zero-order valence-electron chi connectivity index (χ0n) is 64.6. The lowest BCUT2D eigenvalue weighted by Gasteiger charge is -2.25. The van der Waals surface area contributed by atoms with Crippen molar-refractivity contribution in [2.45, 2.75) is 463 Å². The lowest BCUT2D eigenvalue weighted by Crippen LogP contribution is -2.40. The molecule has 0 radical (unpaired) electrons. The summed E-state index contributed by atoms with van der Waals surface area (Å²) in [6, 6.07) is 0. The lowest BCUT2D eigenvalue weighted by molar-refractivity contribution is -0.870. The number of ether oxygens (including phenoxy) is 4. The molecule has 0 amide bonds. The molecule has 0 aliphatic heterocycles. The van der Waals surface area contributed by atoms with Crippen LogP contribution in [0.15, 0.2) is 24.3 Å². The predicted octanol–water partition coefficient (Wildman–Crippen LogP) is 27.3. The highest BCUT2D eigenvalue weighted by atomic mass is 16.7. The molecule has 0 heterocycles. The molecule has 0 aromatic rings. The Balaban J connectivity index is 3.93. The number of hydrogen-bond acceptors (Lipinski definition) is 7. The number of carboxylic acid groups (broad SMARTS) is 1. The molecule has 9 nitrogen and oxygen atoms in total. The van der Waals surface area contributed by atoms with Gasteiger partial charge >= 0.3 is 17.9 Å². The van der Waals surface area contributed by atoms with E-state index in [0.29, 0.717) is 17.4 Å². The summed E-state index contributed by atoms with van der Waals surface area (Å²) in [5.41, 5.74) is 0. The summed E-state index contributed by atoms with van der Waals surface area (Å²) < 4.78 is 23.1. The molecule has 0 aliphatic carbocycles. The van der Waals surface area contributed by atoms with E-state index in [1.165, 1.54) is 385 Å². The third kappa shape index (κ3) is 79.0. The van der Waals surface area contributed by atoms with Crippen molar-refractivity contribution in [2.75, 3.05) is 47.5 Å². The van der Waals surface area contributed by atoms with Crippen molar-refractivity contribution >= 4 is 17.9 Å². The second kappa shape index (κ2) is 77.5. The molecular formula is C86H166NO8+. The van der Waals surface area contributed by atoms with Crippen molar-refractivity contribution in [2.24, 2.45) is 0 Å². The Kier molecular flexibility index (Phi) is 75.7. The van der Waals surface area contributed by atoms with Crippen LogP contribution in [0, 0.1) is 0 Å². The van der Waals surface area contributed by atoms with E-state index in [4.69, 9.17) is 18.9 Å². The van der Waals surface area contributed by atoms with Gasteiger partial charge < -0.3 is 28.5 Å². The Morgan fingerprint density at radius 2 is 0.537 bits per heavy atom. The standard InChI is InChI=1S/C86H165NO8/c1-6-8-10-12-14-16-18-20-22-24-26-28-30-32-34-36-38-40-41-42-43-45-47-49-51-53-55-57-59-61-63-65-67-69-71-73-75-77-84(89)95-82(81-94-86(85(90)91)92-79-78-87(3,4)5)80-93-83(88)76-74-72-70-68-66-64-62-60-58-56-54-52-50-48-46-44-39-37-35-33-31-29-27-25-23-21-19-17-15-13-11-9-7-2/h24-27,82,86H,6-23,28-81H2,1-5H3/p+1/b26-24-,27-25-. The zero-order valence-corrected chi connectivity index (χ0v) is 64.6. The van der Waals surface area contributed by atoms with Crippen LogP contribution in [0.25, 0.3) is 0 Å². The number of allylic oxidation sites excluding steroid dienone is 4. The molecule has 2 atom stereocenters. The third-order valence-electron chi connectivity index (χ3n) is 19.7. The second-order valence-electron chi connectivity index (χ2n) is 30.5. The minimum Gasteiger partial charge on any atom is -0.477 e. The number of nitrogens with zero attached hydrogens (tertiary/aromatic N) is 1. The smallest absolute Gasteiger partial charge is 0.361 e. The summed E-state index contributed by atoms with van der Waals surface area (Å²) in [4.78, 5) is 37.8. The number of hydrogen-bond donors (Lipinski definition) is 1. The van der Waals surface area contributed by atoms with E-state index < -0.39 is 18.4 Å². The molecule has 1 N–H and O–H groups in total. The Labute approximate surface area is 592 Å². The highest BCUT2D eigenvalue weighted by Crippen LogP contribution is 2.21. The van der Waals surface area contributed by atoms with Crippen LogP contribution in [-0.2, 0) is 33.3 Å². The Bertz CT molecular complexity index is 1610. The lowest BCUT2D eigenvalue weighted by atomic mass is 10.0. The van der Waals surface area contributed by atoms with Crippen LogP contribution in [0.3, 0.4) is 0 Å². The van der Waals surface area contributed by atoms with Gasteiger partial charge in [0.1, 0.15) is 13.2 Å². The van der Waals surface area contributed by atoms with E-state index in [1.54, 1.807) is 0 Å². The molecule has 2 unspecified atom stereocenters. The van der Waals surface area contributed by atoms with Gasteiger partial charge in [0.15, 0.2) is 6.10 Å². The van der Waals surface area contributed by atoms with Gasteiger partial charge in [0.25, 0.3) is 6.29 Å². The molecule has 0 aromatic heterocycles. The first-order valence-electron chi connectivity index (χ1n) is 42.5. The number of carbonyl (C=O) groups is 3. The summed E-state index contributed by atoms with van der Waals surface area (Å²) >= 11 is 0. The van der Waals surface area contributed by atoms with Crippen LogP contribution in [-0.4, -0.2) is 87.4 Å². The maximum atomic E-state index is 13.0. The van der Waals surface area contributed by atoms with Crippen molar-refractivity contribution < 1.29 is 42.9 Å². The van der Waals surface area contributed by atoms with Gasteiger partial charge in [0.05, 0.1) is 34.4 Å². The average molecular weight is 1340 g/mol. The molecular weight excluding hydrogens is 1170 g/mol. The molecule has 0 fully saturated rings. The van der Waals surface area contributed by atoms with Gasteiger partial charge in [-0.1, -0.05) is 398 Å². The van der Waals surface area contributed by atoms with Crippen molar-refractivity contribution in [3.05, 3.63) is 24.3 Å². The van der Waals surface area contributed by atoms with Crippen molar-refractivity contribution in [3.63, 3.8) is 0 Å². The first kappa shape index (κ1) is 92.8. The minimum atomic E-state index is -1.51. The third-order valence-corrected chi connectivity index (χ3v) is 19.7. The number of esters is 2. The topological polar surface area (TPSA) is 108 Å². The summed E-state index contributed by atoms with van der Waals surface area (Å²) in [5, 5.41) is 9.78. The fraction of sp³-hybridized carbons (Fsp3) is 0.919. The van der Waals surface area contributed by atoms with E-state index in [9.17, 15) is 19.5 Å².